The van der Waals surface area contributed by atoms with Gasteiger partial charge in [0.1, 0.15) is 11.5 Å². The Morgan fingerprint density at radius 2 is 1.80 bits per heavy atom. The molecular formula is C6H4Cl2O5P2. The smallest absolute Gasteiger partial charge is 0.395 e. The third kappa shape index (κ3) is 2.90. The van der Waals surface area contributed by atoms with Gasteiger partial charge in [0.2, 0.25) is 0 Å². The van der Waals surface area contributed by atoms with Crippen LogP contribution >= 0.6 is 36.4 Å². The van der Waals surface area contributed by atoms with Crippen LogP contribution < -0.4 is 9.05 Å². The fourth-order valence-electron chi connectivity index (χ4n) is 1.01. The monoisotopic (exact) mass is 288 g/mol. The summed E-state index contributed by atoms with van der Waals surface area (Å²) in [6.45, 7) is 0. The van der Waals surface area contributed by atoms with Crippen molar-refractivity contribution in [3.05, 3.63) is 24.3 Å². The molecule has 0 saturated heterocycles. The van der Waals surface area contributed by atoms with Crippen LogP contribution in [-0.4, -0.2) is 0 Å². The lowest BCUT2D eigenvalue weighted by Crippen LogP contribution is -2.06. The highest BCUT2D eigenvalue weighted by molar-refractivity contribution is 8.07. The van der Waals surface area contributed by atoms with Crippen molar-refractivity contribution in [2.24, 2.45) is 0 Å². The molecule has 0 aliphatic carbocycles. The number of phosphoric acid groups is 1. The van der Waals surface area contributed by atoms with Gasteiger partial charge in [-0.25, -0.2) is 4.57 Å². The molecule has 1 aliphatic heterocycles. The summed E-state index contributed by atoms with van der Waals surface area (Å²) in [4.78, 5) is 0. The van der Waals surface area contributed by atoms with Crippen LogP contribution in [0.3, 0.4) is 0 Å². The molecule has 0 amide bonds. The van der Waals surface area contributed by atoms with Gasteiger partial charge in [0, 0.05) is 6.07 Å². The van der Waals surface area contributed by atoms with Crippen LogP contribution in [0.25, 0.3) is 0 Å². The predicted octanol–water partition coefficient (Wildman–Crippen LogP) is 4.17. The molecule has 5 nitrogen and oxygen atoms in total. The van der Waals surface area contributed by atoms with E-state index >= 15 is 0 Å². The van der Waals surface area contributed by atoms with Crippen molar-refractivity contribution < 1.29 is 22.5 Å². The van der Waals surface area contributed by atoms with E-state index in [-0.39, 0.29) is 11.5 Å². The second kappa shape index (κ2) is 3.69. The van der Waals surface area contributed by atoms with E-state index in [2.05, 4.69) is 4.31 Å². The Balaban J connectivity index is 2.28. The summed E-state index contributed by atoms with van der Waals surface area (Å²) in [5, 5.41) is 0. The molecule has 9 heteroatoms. The van der Waals surface area contributed by atoms with E-state index in [1.54, 1.807) is 6.07 Å². The molecule has 0 unspecified atom stereocenters. The zero-order chi connectivity index (χ0) is 11.1. The first-order valence-electron chi connectivity index (χ1n) is 3.66. The van der Waals surface area contributed by atoms with Crippen LogP contribution in [0.2, 0.25) is 0 Å². The molecule has 0 radical (unpaired) electrons. The van der Waals surface area contributed by atoms with Crippen LogP contribution in [-0.2, 0) is 13.4 Å². The summed E-state index contributed by atoms with van der Waals surface area (Å²) in [6, 6.07) is 6.20. The molecule has 15 heavy (non-hydrogen) atoms. The van der Waals surface area contributed by atoms with Crippen LogP contribution in [0, 0.1) is 0 Å². The Morgan fingerprint density at radius 3 is 2.27 bits per heavy atom. The second-order valence-electron chi connectivity index (χ2n) is 2.60. The minimum absolute atomic E-state index is 0.267. The van der Waals surface area contributed by atoms with Crippen LogP contribution in [0.15, 0.2) is 24.3 Å². The average molecular weight is 289 g/mol. The first-order valence-corrected chi connectivity index (χ1v) is 8.56. The Kier molecular flexibility index (Phi) is 2.78. The summed E-state index contributed by atoms with van der Waals surface area (Å²) < 4.78 is 36.7. The van der Waals surface area contributed by atoms with E-state index in [4.69, 9.17) is 31.5 Å². The molecule has 2 rings (SSSR count). The lowest BCUT2D eigenvalue weighted by Gasteiger charge is -2.22. The van der Waals surface area contributed by atoms with Crippen molar-refractivity contribution in [1.82, 2.24) is 0 Å². The molecule has 1 aromatic carbocycles. The van der Waals surface area contributed by atoms with Crippen LogP contribution in [0.1, 0.15) is 0 Å². The number of hydrogen-bond donors (Lipinski definition) is 0. The summed E-state index contributed by atoms with van der Waals surface area (Å²) in [6.07, 6.45) is -3.99. The second-order valence-corrected chi connectivity index (χ2v) is 8.53. The highest BCUT2D eigenvalue weighted by Crippen LogP contribution is 2.70. The fraction of sp³-hybridized carbons (Fsp3) is 0. The van der Waals surface area contributed by atoms with Crippen molar-refractivity contribution in [1.29, 1.82) is 0 Å². The summed E-state index contributed by atoms with van der Waals surface area (Å²) >= 11 is 10.2. The van der Waals surface area contributed by atoms with E-state index in [1.807, 2.05) is 0 Å². The normalized spacial score (nSPS) is 17.7. The van der Waals surface area contributed by atoms with Gasteiger partial charge in [-0.1, -0.05) is 6.07 Å². The minimum Gasteiger partial charge on any atom is -0.395 e. The third-order valence-electron chi connectivity index (χ3n) is 1.43. The van der Waals surface area contributed by atoms with E-state index in [0.29, 0.717) is 0 Å². The van der Waals surface area contributed by atoms with E-state index in [0.717, 1.165) is 0 Å². The van der Waals surface area contributed by atoms with Gasteiger partial charge in [-0.3, -0.25) is 4.57 Å². The highest BCUT2D eigenvalue weighted by Gasteiger charge is 2.41. The molecule has 1 heterocycles. The van der Waals surface area contributed by atoms with Crippen molar-refractivity contribution in [3.8, 4) is 11.5 Å². The lowest BCUT2D eigenvalue weighted by atomic mass is 10.3. The minimum atomic E-state index is -4.03. The maximum atomic E-state index is 11.7. The molecule has 82 valence electrons. The quantitative estimate of drug-likeness (QED) is 0.764. The van der Waals surface area contributed by atoms with Crippen molar-refractivity contribution >= 4 is 36.4 Å². The number of fused-ring (bicyclic) bond motifs is 2. The molecule has 1 aliphatic rings. The summed E-state index contributed by atoms with van der Waals surface area (Å²) in [7, 11) is -4.03. The molecule has 0 atom stereocenters. The van der Waals surface area contributed by atoms with Crippen molar-refractivity contribution in [2.45, 2.75) is 0 Å². The Morgan fingerprint density at radius 1 is 1.27 bits per heavy atom. The number of hydrogen-bond acceptors (Lipinski definition) is 5. The SMILES string of the molecule is O=P(Cl)(Cl)OP1(=O)Oc2cccc(c2)O1. The van der Waals surface area contributed by atoms with E-state index in [1.165, 1.54) is 18.2 Å². The van der Waals surface area contributed by atoms with Crippen molar-refractivity contribution in [3.63, 3.8) is 0 Å². The topological polar surface area (TPSA) is 61.8 Å². The highest BCUT2D eigenvalue weighted by atomic mass is 35.9. The number of rotatable bonds is 2. The molecule has 2 bridgehead atoms. The summed E-state index contributed by atoms with van der Waals surface area (Å²) in [5.41, 5.74) is 0. The fourth-order valence-corrected chi connectivity index (χ4v) is 4.35. The number of benzene rings is 1. The summed E-state index contributed by atoms with van der Waals surface area (Å²) in [5.74, 6) is 0.535. The van der Waals surface area contributed by atoms with Crippen LogP contribution in [0.5, 0.6) is 11.5 Å². The Bertz CT molecular complexity index is 459. The predicted molar refractivity (Wildman–Crippen MR) is 55.7 cm³/mol. The third-order valence-corrected chi connectivity index (χ3v) is 4.98. The van der Waals surface area contributed by atoms with Gasteiger partial charge in [-0.05, 0) is 34.6 Å². The molecule has 0 N–H and O–H groups in total. The molecule has 0 aromatic heterocycles. The zero-order valence-corrected chi connectivity index (χ0v) is 10.3. The van der Waals surface area contributed by atoms with E-state index in [9.17, 15) is 9.13 Å². The van der Waals surface area contributed by atoms with Crippen LogP contribution in [0.4, 0.5) is 0 Å². The molecular weight excluding hydrogens is 285 g/mol. The van der Waals surface area contributed by atoms with Crippen molar-refractivity contribution in [2.75, 3.05) is 0 Å². The average Bonchev–Trinajstić information content (AvgIpc) is 1.97. The standard InChI is InChI=1S/C6H4Cl2O5P2/c7-14(8,9)13-15(10)11-5-2-1-3-6(4-5)12-15/h1-4H. The first kappa shape index (κ1) is 11.3. The van der Waals surface area contributed by atoms with Gasteiger partial charge in [0.05, 0.1) is 0 Å². The maximum Gasteiger partial charge on any atom is 0.595 e. The largest absolute Gasteiger partial charge is 0.595 e. The molecule has 1 aromatic rings. The Hall–Kier alpha value is -0.180. The van der Waals surface area contributed by atoms with Gasteiger partial charge in [0.25, 0.3) is 0 Å². The molecule has 0 spiro atoms. The molecule has 0 saturated carbocycles. The maximum absolute atomic E-state index is 11.7. The number of halogens is 2. The van der Waals surface area contributed by atoms with Gasteiger partial charge < -0.3 is 9.05 Å². The van der Waals surface area contributed by atoms with E-state index < -0.39 is 13.9 Å². The van der Waals surface area contributed by atoms with Gasteiger partial charge >= 0.3 is 13.9 Å². The number of phosphoric ester groups is 1. The van der Waals surface area contributed by atoms with Gasteiger partial charge in [0.15, 0.2) is 0 Å². The zero-order valence-electron chi connectivity index (χ0n) is 7.00. The van der Waals surface area contributed by atoms with Gasteiger partial charge in [-0.15, -0.1) is 0 Å². The Labute approximate surface area is 94.9 Å². The van der Waals surface area contributed by atoms with Gasteiger partial charge in [-0.2, -0.15) is 4.31 Å². The molecule has 0 fully saturated rings. The lowest BCUT2D eigenvalue weighted by molar-refractivity contribution is 0.294. The first-order chi connectivity index (χ1) is 6.86.